The lowest BCUT2D eigenvalue weighted by atomic mass is 10.00. The fourth-order valence-corrected chi connectivity index (χ4v) is 2.18. The monoisotopic (exact) mass is 359 g/mol. The van der Waals surface area contributed by atoms with Crippen molar-refractivity contribution in [1.82, 2.24) is 16.0 Å². The van der Waals surface area contributed by atoms with E-state index in [1.54, 1.807) is 13.8 Å². The maximum absolute atomic E-state index is 12.4. The topological polar surface area (TPSA) is 145 Å². The molecule has 25 heavy (non-hydrogen) atoms. The van der Waals surface area contributed by atoms with E-state index < -0.39 is 48.4 Å². The Labute approximate surface area is 147 Å². The Kier molecular flexibility index (Phi) is 9.73. The van der Waals surface area contributed by atoms with Crippen molar-refractivity contribution in [2.24, 2.45) is 11.8 Å². The number of carboxylic acids is 1. The van der Waals surface area contributed by atoms with E-state index in [-0.39, 0.29) is 18.3 Å². The number of carbonyl (C=O) groups is 4. The Morgan fingerprint density at radius 3 is 1.76 bits per heavy atom. The summed E-state index contributed by atoms with van der Waals surface area (Å²) in [7, 11) is 0. The first-order chi connectivity index (χ1) is 11.5. The molecular weight excluding hydrogens is 330 g/mol. The van der Waals surface area contributed by atoms with Crippen molar-refractivity contribution in [3.8, 4) is 0 Å². The van der Waals surface area contributed by atoms with Gasteiger partial charge in [0.1, 0.15) is 18.1 Å². The van der Waals surface area contributed by atoms with Gasteiger partial charge < -0.3 is 26.2 Å². The molecule has 0 aliphatic rings. The van der Waals surface area contributed by atoms with Gasteiger partial charge in [-0.2, -0.15) is 0 Å². The second kappa shape index (κ2) is 10.7. The smallest absolute Gasteiger partial charge is 0.326 e. The van der Waals surface area contributed by atoms with Crippen LogP contribution in [0.15, 0.2) is 0 Å². The van der Waals surface area contributed by atoms with Crippen LogP contribution in [0.4, 0.5) is 0 Å². The largest absolute Gasteiger partial charge is 0.480 e. The third kappa shape index (κ3) is 8.48. The van der Waals surface area contributed by atoms with E-state index in [1.807, 2.05) is 13.8 Å². The summed E-state index contributed by atoms with van der Waals surface area (Å²) >= 11 is 0. The number of hydrogen-bond donors (Lipinski definition) is 5. The van der Waals surface area contributed by atoms with Crippen LogP contribution in [0, 0.1) is 11.8 Å². The van der Waals surface area contributed by atoms with Crippen molar-refractivity contribution in [1.29, 1.82) is 0 Å². The fraction of sp³-hybridized carbons (Fsp3) is 0.750. The van der Waals surface area contributed by atoms with E-state index in [0.29, 0.717) is 0 Å². The minimum atomic E-state index is -1.18. The van der Waals surface area contributed by atoms with Crippen LogP contribution in [0.1, 0.15) is 41.0 Å². The van der Waals surface area contributed by atoms with Crippen LogP contribution in [-0.4, -0.2) is 58.6 Å². The van der Waals surface area contributed by atoms with E-state index in [0.717, 1.165) is 0 Å². The fourth-order valence-electron chi connectivity index (χ4n) is 2.18. The third-order valence-electron chi connectivity index (χ3n) is 3.45. The molecule has 3 amide bonds. The van der Waals surface area contributed by atoms with Gasteiger partial charge in [-0.15, -0.1) is 0 Å². The van der Waals surface area contributed by atoms with Crippen molar-refractivity contribution in [3.63, 3.8) is 0 Å². The molecule has 0 saturated heterocycles. The molecule has 0 aromatic carbocycles. The number of carbonyl (C=O) groups excluding carboxylic acids is 3. The number of nitrogens with one attached hydrogen (secondary N) is 3. The molecule has 3 unspecified atom stereocenters. The van der Waals surface area contributed by atoms with E-state index in [1.165, 1.54) is 6.92 Å². The van der Waals surface area contributed by atoms with Crippen LogP contribution in [0.5, 0.6) is 0 Å². The summed E-state index contributed by atoms with van der Waals surface area (Å²) in [5, 5.41) is 25.6. The molecule has 9 nitrogen and oxygen atoms in total. The average molecular weight is 359 g/mol. The molecule has 3 atom stereocenters. The summed E-state index contributed by atoms with van der Waals surface area (Å²) in [6.45, 7) is 7.60. The number of hydrogen-bond acceptors (Lipinski definition) is 5. The van der Waals surface area contributed by atoms with Gasteiger partial charge in [0.05, 0.1) is 6.61 Å². The zero-order chi connectivity index (χ0) is 19.7. The number of amides is 3. The summed E-state index contributed by atoms with van der Waals surface area (Å²) in [6.07, 6.45) is 0.278. The predicted molar refractivity (Wildman–Crippen MR) is 90.5 cm³/mol. The predicted octanol–water partition coefficient (Wildman–Crippen LogP) is -0.760. The second-order valence-corrected chi connectivity index (χ2v) is 6.69. The van der Waals surface area contributed by atoms with Gasteiger partial charge in [-0.05, 0) is 18.3 Å². The van der Waals surface area contributed by atoms with Crippen molar-refractivity contribution >= 4 is 23.7 Å². The van der Waals surface area contributed by atoms with E-state index in [9.17, 15) is 29.4 Å². The Balaban J connectivity index is 5.16. The van der Waals surface area contributed by atoms with Gasteiger partial charge >= 0.3 is 5.97 Å². The lowest BCUT2D eigenvalue weighted by molar-refractivity contribution is -0.143. The van der Waals surface area contributed by atoms with Crippen molar-refractivity contribution in [2.45, 2.75) is 59.2 Å². The molecule has 0 bridgehead atoms. The van der Waals surface area contributed by atoms with E-state index >= 15 is 0 Å². The number of aliphatic hydroxyl groups excluding tert-OH is 1. The minimum Gasteiger partial charge on any atom is -0.480 e. The summed E-state index contributed by atoms with van der Waals surface area (Å²) in [6, 6.07) is -3.24. The molecule has 0 aliphatic heterocycles. The highest BCUT2D eigenvalue weighted by Crippen LogP contribution is 2.08. The molecule has 0 aromatic heterocycles. The van der Waals surface area contributed by atoms with Crippen molar-refractivity contribution < 1.29 is 29.4 Å². The highest BCUT2D eigenvalue weighted by Gasteiger charge is 2.30. The molecule has 9 heteroatoms. The Morgan fingerprint density at radius 2 is 1.40 bits per heavy atom. The molecule has 0 rings (SSSR count). The zero-order valence-corrected chi connectivity index (χ0v) is 15.3. The van der Waals surface area contributed by atoms with Crippen LogP contribution < -0.4 is 16.0 Å². The maximum Gasteiger partial charge on any atom is 0.326 e. The van der Waals surface area contributed by atoms with Gasteiger partial charge in [-0.3, -0.25) is 14.4 Å². The Bertz CT molecular complexity index is 492. The van der Waals surface area contributed by atoms with Crippen LogP contribution >= 0.6 is 0 Å². The first-order valence-corrected chi connectivity index (χ1v) is 8.21. The maximum atomic E-state index is 12.4. The van der Waals surface area contributed by atoms with Crippen LogP contribution in [0.25, 0.3) is 0 Å². The average Bonchev–Trinajstić information content (AvgIpc) is 2.47. The van der Waals surface area contributed by atoms with Crippen LogP contribution in [-0.2, 0) is 19.2 Å². The molecule has 0 heterocycles. The Hall–Kier alpha value is -2.16. The quantitative estimate of drug-likeness (QED) is 0.347. The lowest BCUT2D eigenvalue weighted by Gasteiger charge is -2.25. The summed E-state index contributed by atoms with van der Waals surface area (Å²) in [4.78, 5) is 46.9. The normalized spacial score (nSPS) is 14.6. The molecule has 5 N–H and O–H groups in total. The number of aliphatic hydroxyl groups is 1. The first kappa shape index (κ1) is 22.8. The third-order valence-corrected chi connectivity index (χ3v) is 3.45. The van der Waals surface area contributed by atoms with Gasteiger partial charge in [-0.25, -0.2) is 4.79 Å². The number of rotatable bonds is 10. The van der Waals surface area contributed by atoms with Gasteiger partial charge in [0.2, 0.25) is 17.7 Å². The summed E-state index contributed by atoms with van der Waals surface area (Å²) in [5.41, 5.74) is 0. The van der Waals surface area contributed by atoms with E-state index in [4.69, 9.17) is 0 Å². The number of carboxylic acid groups (broad SMARTS) is 1. The SMILES string of the molecule is CC(=O)NC(CO)C(=O)NC(CC(C)C)C(=O)NC(C(=O)O)C(C)C. The molecule has 144 valence electrons. The van der Waals surface area contributed by atoms with Gasteiger partial charge in [0.15, 0.2) is 0 Å². The van der Waals surface area contributed by atoms with Crippen LogP contribution in [0.3, 0.4) is 0 Å². The highest BCUT2D eigenvalue weighted by molar-refractivity contribution is 5.93. The zero-order valence-electron chi connectivity index (χ0n) is 15.3. The minimum absolute atomic E-state index is 0.0479. The molecule has 0 saturated carbocycles. The molecular formula is C16H29N3O6. The molecule has 0 fully saturated rings. The van der Waals surface area contributed by atoms with Crippen LogP contribution in [0.2, 0.25) is 0 Å². The standard InChI is InChI=1S/C16H29N3O6/c1-8(2)6-11(14(22)19-13(9(3)4)16(24)25)18-15(23)12(7-20)17-10(5)21/h8-9,11-13,20H,6-7H2,1-5H3,(H,17,21)(H,18,23)(H,19,22)(H,24,25). The molecule has 0 aliphatic carbocycles. The van der Waals surface area contributed by atoms with Gasteiger partial charge in [-0.1, -0.05) is 27.7 Å². The highest BCUT2D eigenvalue weighted by atomic mass is 16.4. The first-order valence-electron chi connectivity index (χ1n) is 8.21. The Morgan fingerprint density at radius 1 is 0.880 bits per heavy atom. The number of aliphatic carboxylic acids is 1. The van der Waals surface area contributed by atoms with Gasteiger partial charge in [0.25, 0.3) is 0 Å². The molecule has 0 aromatic rings. The molecule has 0 radical (unpaired) electrons. The lowest BCUT2D eigenvalue weighted by Crippen LogP contribution is -2.57. The van der Waals surface area contributed by atoms with Crippen molar-refractivity contribution in [2.75, 3.05) is 6.61 Å². The van der Waals surface area contributed by atoms with Crippen molar-refractivity contribution in [3.05, 3.63) is 0 Å². The second-order valence-electron chi connectivity index (χ2n) is 6.69. The van der Waals surface area contributed by atoms with E-state index in [2.05, 4.69) is 16.0 Å². The summed E-state index contributed by atoms with van der Waals surface area (Å²) in [5.74, 6) is -3.28. The van der Waals surface area contributed by atoms with Gasteiger partial charge in [0, 0.05) is 6.92 Å². The molecule has 0 spiro atoms. The summed E-state index contributed by atoms with van der Waals surface area (Å²) < 4.78 is 0.